The molecule has 0 aromatic carbocycles. The van der Waals surface area contributed by atoms with Crippen LogP contribution in [0.4, 0.5) is 0 Å². The van der Waals surface area contributed by atoms with Crippen LogP contribution < -0.4 is 5.32 Å². The van der Waals surface area contributed by atoms with Crippen molar-refractivity contribution in [1.82, 2.24) is 10.2 Å². The summed E-state index contributed by atoms with van der Waals surface area (Å²) in [4.78, 5) is 27.5. The van der Waals surface area contributed by atoms with E-state index in [-0.39, 0.29) is 17.9 Å². The lowest BCUT2D eigenvalue weighted by Crippen LogP contribution is -2.46. The number of hydrogen-bond donors (Lipinski definition) is 1. The Bertz CT molecular complexity index is 731. The van der Waals surface area contributed by atoms with Crippen molar-refractivity contribution in [3.8, 4) is 0 Å². The van der Waals surface area contributed by atoms with Crippen molar-refractivity contribution in [1.29, 1.82) is 0 Å². The van der Waals surface area contributed by atoms with E-state index in [0.29, 0.717) is 6.42 Å². The Morgan fingerprint density at radius 1 is 0.556 bits per heavy atom. The van der Waals surface area contributed by atoms with Crippen molar-refractivity contribution in [2.45, 2.75) is 213 Å². The largest absolute Gasteiger partial charge is 0.354 e. The zero-order valence-corrected chi connectivity index (χ0v) is 30.3. The maximum Gasteiger partial charge on any atom is 0.242 e. The zero-order valence-electron chi connectivity index (χ0n) is 30.3. The maximum atomic E-state index is 12.9. The number of nitrogens with one attached hydrogen (secondary N) is 1. The highest BCUT2D eigenvalue weighted by atomic mass is 16.2. The van der Waals surface area contributed by atoms with E-state index in [1.807, 2.05) is 4.90 Å². The highest BCUT2D eigenvalue weighted by Crippen LogP contribution is 2.20. The second-order valence-corrected chi connectivity index (χ2v) is 13.8. The van der Waals surface area contributed by atoms with Gasteiger partial charge in [0.2, 0.25) is 11.8 Å². The number of hydrogen-bond acceptors (Lipinski definition) is 2. The van der Waals surface area contributed by atoms with Gasteiger partial charge in [0.05, 0.1) is 0 Å². The highest BCUT2D eigenvalue weighted by Gasteiger charge is 2.33. The lowest BCUT2D eigenvalue weighted by atomic mass is 10.1. The fraction of sp³-hybridized carbons (Fsp3) is 0.854. The van der Waals surface area contributed by atoms with E-state index in [9.17, 15) is 9.59 Å². The van der Waals surface area contributed by atoms with Crippen molar-refractivity contribution in [3.05, 3.63) is 24.3 Å². The number of carbonyl (C=O) groups excluding carboxylic acids is 2. The van der Waals surface area contributed by atoms with E-state index in [4.69, 9.17) is 0 Å². The molecular weight excluding hydrogens is 552 g/mol. The highest BCUT2D eigenvalue weighted by molar-refractivity contribution is 5.88. The second-order valence-electron chi connectivity index (χ2n) is 13.8. The SMILES string of the molecule is CCCCC/C=C/CCCCCCCCCCC(=O)N1CCC[C@H]1C(=O)NCCCCCCC/C=C\CCCCCCCCC. The van der Waals surface area contributed by atoms with Crippen molar-refractivity contribution in [3.63, 3.8) is 0 Å². The number of allylic oxidation sites excluding steroid dienone is 4. The minimum absolute atomic E-state index is 0.0685. The van der Waals surface area contributed by atoms with Gasteiger partial charge in [-0.25, -0.2) is 0 Å². The van der Waals surface area contributed by atoms with Crippen molar-refractivity contribution < 1.29 is 9.59 Å². The number of nitrogens with zero attached hydrogens (tertiary/aromatic N) is 1. The van der Waals surface area contributed by atoms with Gasteiger partial charge in [-0.05, 0) is 77.0 Å². The van der Waals surface area contributed by atoms with Gasteiger partial charge in [0.15, 0.2) is 0 Å². The Morgan fingerprint density at radius 2 is 0.956 bits per heavy atom. The van der Waals surface area contributed by atoms with E-state index >= 15 is 0 Å². The van der Waals surface area contributed by atoms with Gasteiger partial charge in [-0.1, -0.05) is 147 Å². The zero-order chi connectivity index (χ0) is 32.5. The minimum Gasteiger partial charge on any atom is -0.354 e. The first-order chi connectivity index (χ1) is 22.2. The molecule has 0 radical (unpaired) electrons. The van der Waals surface area contributed by atoms with Crippen LogP contribution in [0, 0.1) is 0 Å². The summed E-state index contributed by atoms with van der Waals surface area (Å²) in [5.41, 5.74) is 0. The van der Waals surface area contributed by atoms with Crippen LogP contribution in [-0.4, -0.2) is 35.8 Å². The summed E-state index contributed by atoms with van der Waals surface area (Å²) in [6, 6.07) is -0.239. The van der Waals surface area contributed by atoms with E-state index in [0.717, 1.165) is 45.2 Å². The topological polar surface area (TPSA) is 49.4 Å². The van der Waals surface area contributed by atoms with E-state index in [2.05, 4.69) is 43.5 Å². The third kappa shape index (κ3) is 25.2. The molecule has 0 unspecified atom stereocenters. The van der Waals surface area contributed by atoms with Gasteiger partial charge in [0.25, 0.3) is 0 Å². The van der Waals surface area contributed by atoms with Crippen LogP contribution in [0.5, 0.6) is 0 Å². The first-order valence-electron chi connectivity index (χ1n) is 20.1. The van der Waals surface area contributed by atoms with Gasteiger partial charge in [0.1, 0.15) is 6.04 Å². The molecule has 0 bridgehead atoms. The number of likely N-dealkylation sites (tertiary alicyclic amines) is 1. The summed E-state index contributed by atoms with van der Waals surface area (Å²) in [7, 11) is 0. The summed E-state index contributed by atoms with van der Waals surface area (Å²) in [5, 5.41) is 3.13. The smallest absolute Gasteiger partial charge is 0.242 e. The Morgan fingerprint density at radius 3 is 1.47 bits per heavy atom. The molecule has 1 heterocycles. The van der Waals surface area contributed by atoms with Crippen molar-refractivity contribution >= 4 is 11.8 Å². The molecule has 1 aliphatic heterocycles. The van der Waals surface area contributed by atoms with Gasteiger partial charge < -0.3 is 10.2 Å². The third-order valence-corrected chi connectivity index (χ3v) is 9.52. The van der Waals surface area contributed by atoms with Gasteiger partial charge in [-0.3, -0.25) is 9.59 Å². The van der Waals surface area contributed by atoms with E-state index in [1.54, 1.807) is 0 Å². The number of amides is 2. The van der Waals surface area contributed by atoms with E-state index < -0.39 is 0 Å². The maximum absolute atomic E-state index is 12.9. The number of carbonyl (C=O) groups is 2. The van der Waals surface area contributed by atoms with Crippen LogP contribution >= 0.6 is 0 Å². The Hall–Kier alpha value is -1.58. The molecule has 0 aliphatic carbocycles. The van der Waals surface area contributed by atoms with Gasteiger partial charge in [-0.15, -0.1) is 0 Å². The van der Waals surface area contributed by atoms with Crippen molar-refractivity contribution in [2.24, 2.45) is 0 Å². The predicted octanol–water partition coefficient (Wildman–Crippen LogP) is 12.2. The molecule has 1 aliphatic rings. The summed E-state index contributed by atoms with van der Waals surface area (Å²) in [5.74, 6) is 0.255. The molecule has 0 aromatic heterocycles. The molecule has 45 heavy (non-hydrogen) atoms. The lowest BCUT2D eigenvalue weighted by molar-refractivity contribution is -0.138. The van der Waals surface area contributed by atoms with Crippen LogP contribution in [0.15, 0.2) is 24.3 Å². The molecule has 0 saturated carbocycles. The summed E-state index contributed by atoms with van der Waals surface area (Å²) in [6.45, 7) is 6.03. The molecule has 1 saturated heterocycles. The van der Waals surface area contributed by atoms with Crippen LogP contribution in [-0.2, 0) is 9.59 Å². The number of rotatable bonds is 32. The van der Waals surface area contributed by atoms with Gasteiger partial charge in [-0.2, -0.15) is 0 Å². The quantitative estimate of drug-likeness (QED) is 0.0595. The normalized spacial score (nSPS) is 15.2. The second kappa shape index (κ2) is 32.4. The molecule has 1 rings (SSSR count). The predicted molar refractivity (Wildman–Crippen MR) is 197 cm³/mol. The Labute approximate surface area is 281 Å². The first-order valence-corrected chi connectivity index (χ1v) is 20.1. The van der Waals surface area contributed by atoms with E-state index in [1.165, 1.54) is 154 Å². The van der Waals surface area contributed by atoms with Crippen LogP contribution in [0.2, 0.25) is 0 Å². The summed E-state index contributed by atoms with van der Waals surface area (Å²) < 4.78 is 0. The average molecular weight is 629 g/mol. The third-order valence-electron chi connectivity index (χ3n) is 9.52. The van der Waals surface area contributed by atoms with Crippen molar-refractivity contribution in [2.75, 3.05) is 13.1 Å². The molecule has 2 amide bonds. The first kappa shape index (κ1) is 41.4. The van der Waals surface area contributed by atoms with Crippen LogP contribution in [0.3, 0.4) is 0 Å². The standard InChI is InChI=1S/C41H76N2O2/c1-3-5-7-9-11-13-15-17-19-21-23-25-27-29-31-33-37-42-41(45)39-35-34-38-43(39)40(44)36-32-30-28-26-24-22-20-18-16-14-12-10-8-6-4-2/h12,14,19,21,39H,3-11,13,15-18,20,22-38H2,1-2H3,(H,42,45)/b14-12+,21-19-/t39-/m0/s1. The summed E-state index contributed by atoms with van der Waals surface area (Å²) in [6.07, 6.45) is 46.4. The fourth-order valence-electron chi connectivity index (χ4n) is 6.53. The Kier molecular flexibility index (Phi) is 29.8. The molecule has 0 aromatic rings. The van der Waals surface area contributed by atoms with Gasteiger partial charge in [0, 0.05) is 19.5 Å². The van der Waals surface area contributed by atoms with Crippen LogP contribution in [0.1, 0.15) is 206 Å². The van der Waals surface area contributed by atoms with Crippen LogP contribution in [0.25, 0.3) is 0 Å². The monoisotopic (exact) mass is 629 g/mol. The molecule has 1 fully saturated rings. The molecule has 4 nitrogen and oxygen atoms in total. The number of unbranched alkanes of at least 4 members (excludes halogenated alkanes) is 23. The molecule has 1 N–H and O–H groups in total. The molecule has 4 heteroatoms. The summed E-state index contributed by atoms with van der Waals surface area (Å²) >= 11 is 0. The molecule has 262 valence electrons. The van der Waals surface area contributed by atoms with Gasteiger partial charge >= 0.3 is 0 Å². The molecular formula is C41H76N2O2. The average Bonchev–Trinajstić information content (AvgIpc) is 3.55. The molecule has 1 atom stereocenters. The fourth-order valence-corrected chi connectivity index (χ4v) is 6.53. The lowest BCUT2D eigenvalue weighted by Gasteiger charge is -2.24. The molecule has 0 spiro atoms. The minimum atomic E-state index is -0.239. The Balaban J connectivity index is 1.95.